The number of rotatable bonds is 6. The fraction of sp³-hybridized carbons (Fsp3) is 0.167. The summed E-state index contributed by atoms with van der Waals surface area (Å²) in [4.78, 5) is 9.07. The SMILES string of the molecule is COc1ccc(-c2noc(CSc3nc4ccccc4s3)n2)c(OC)c1. The standard InChI is InChI=1S/C18H15N3O3S2/c1-22-11-7-8-12(14(9-11)23-2)17-20-16(24-21-17)10-25-18-19-13-5-3-4-6-15(13)26-18/h3-9H,10H2,1-2H3. The predicted molar refractivity (Wildman–Crippen MR) is 102 cm³/mol. The van der Waals surface area contributed by atoms with Gasteiger partial charge in [0.1, 0.15) is 11.5 Å². The molecule has 0 saturated carbocycles. The Morgan fingerprint density at radius 1 is 1.08 bits per heavy atom. The topological polar surface area (TPSA) is 70.3 Å². The number of nitrogens with zero attached hydrogens (tertiary/aromatic N) is 3. The molecule has 0 radical (unpaired) electrons. The first-order valence-electron chi connectivity index (χ1n) is 7.80. The van der Waals surface area contributed by atoms with Crippen molar-refractivity contribution in [1.29, 1.82) is 0 Å². The lowest BCUT2D eigenvalue weighted by Gasteiger charge is -2.07. The molecule has 8 heteroatoms. The maximum absolute atomic E-state index is 5.40. The van der Waals surface area contributed by atoms with Crippen molar-refractivity contribution in [1.82, 2.24) is 15.1 Å². The summed E-state index contributed by atoms with van der Waals surface area (Å²) in [6, 6.07) is 13.6. The average molecular weight is 385 g/mol. The highest BCUT2D eigenvalue weighted by Gasteiger charge is 2.15. The van der Waals surface area contributed by atoms with Crippen molar-refractivity contribution in [3.63, 3.8) is 0 Å². The molecule has 0 aliphatic heterocycles. The maximum atomic E-state index is 5.40. The third kappa shape index (κ3) is 3.38. The molecule has 26 heavy (non-hydrogen) atoms. The van der Waals surface area contributed by atoms with E-state index in [1.165, 1.54) is 4.70 Å². The highest BCUT2D eigenvalue weighted by molar-refractivity contribution is 8.00. The van der Waals surface area contributed by atoms with Crippen LogP contribution in [0, 0.1) is 0 Å². The van der Waals surface area contributed by atoms with E-state index in [-0.39, 0.29) is 0 Å². The number of benzene rings is 2. The minimum absolute atomic E-state index is 0.490. The Kier molecular flexibility index (Phi) is 4.77. The minimum Gasteiger partial charge on any atom is -0.497 e. The average Bonchev–Trinajstić information content (AvgIpc) is 3.32. The Balaban J connectivity index is 1.51. The van der Waals surface area contributed by atoms with Gasteiger partial charge in [0.05, 0.1) is 35.8 Å². The number of thioether (sulfide) groups is 1. The quantitative estimate of drug-likeness (QED) is 0.447. The van der Waals surface area contributed by atoms with Crippen molar-refractivity contribution in [2.24, 2.45) is 0 Å². The molecule has 4 aromatic rings. The molecule has 0 amide bonds. The summed E-state index contributed by atoms with van der Waals surface area (Å²) in [5, 5.41) is 4.07. The Morgan fingerprint density at radius 3 is 2.77 bits per heavy atom. The van der Waals surface area contributed by atoms with Crippen LogP contribution in [0.2, 0.25) is 0 Å². The van der Waals surface area contributed by atoms with Crippen LogP contribution in [0.3, 0.4) is 0 Å². The Labute approximate surface area is 158 Å². The summed E-state index contributed by atoms with van der Waals surface area (Å²) in [5.74, 6) is 2.94. The number of aromatic nitrogens is 3. The van der Waals surface area contributed by atoms with E-state index in [9.17, 15) is 0 Å². The lowest BCUT2D eigenvalue weighted by atomic mass is 10.2. The lowest BCUT2D eigenvalue weighted by Crippen LogP contribution is -1.91. The van der Waals surface area contributed by atoms with Crippen molar-refractivity contribution >= 4 is 33.3 Å². The third-order valence-electron chi connectivity index (χ3n) is 3.71. The van der Waals surface area contributed by atoms with Crippen LogP contribution in [0.4, 0.5) is 0 Å². The van der Waals surface area contributed by atoms with Crippen molar-refractivity contribution in [3.05, 3.63) is 48.4 Å². The smallest absolute Gasteiger partial charge is 0.237 e. The number of thiazole rings is 1. The van der Waals surface area contributed by atoms with E-state index >= 15 is 0 Å². The van der Waals surface area contributed by atoms with E-state index in [0.717, 1.165) is 15.4 Å². The van der Waals surface area contributed by atoms with Gasteiger partial charge in [-0.05, 0) is 24.3 Å². The van der Waals surface area contributed by atoms with Crippen molar-refractivity contribution in [3.8, 4) is 22.9 Å². The molecule has 2 aromatic carbocycles. The summed E-state index contributed by atoms with van der Waals surface area (Å²) in [7, 11) is 3.21. The largest absolute Gasteiger partial charge is 0.497 e. The molecule has 132 valence electrons. The first kappa shape index (κ1) is 16.9. The highest BCUT2D eigenvalue weighted by atomic mass is 32.2. The molecule has 0 atom stereocenters. The van der Waals surface area contributed by atoms with Gasteiger partial charge in [-0.1, -0.05) is 29.1 Å². The number of para-hydroxylation sites is 1. The number of hydrogen-bond donors (Lipinski definition) is 0. The van der Waals surface area contributed by atoms with Crippen LogP contribution in [0.15, 0.2) is 51.3 Å². The number of methoxy groups -OCH3 is 2. The van der Waals surface area contributed by atoms with E-state index in [0.29, 0.717) is 29.0 Å². The molecule has 2 aromatic heterocycles. The molecule has 0 N–H and O–H groups in total. The van der Waals surface area contributed by atoms with Gasteiger partial charge in [0.15, 0.2) is 4.34 Å². The van der Waals surface area contributed by atoms with Crippen molar-refractivity contribution in [2.75, 3.05) is 14.2 Å². The molecule has 0 unspecified atom stereocenters. The molecule has 0 aliphatic carbocycles. The minimum atomic E-state index is 0.490. The Hall–Kier alpha value is -2.58. The monoisotopic (exact) mass is 385 g/mol. The van der Waals surface area contributed by atoms with Crippen LogP contribution in [0.5, 0.6) is 11.5 Å². The second-order valence-corrected chi connectivity index (χ2v) is 7.57. The van der Waals surface area contributed by atoms with Gasteiger partial charge in [0, 0.05) is 6.07 Å². The summed E-state index contributed by atoms with van der Waals surface area (Å²) in [5.41, 5.74) is 1.77. The van der Waals surface area contributed by atoms with Crippen LogP contribution >= 0.6 is 23.1 Å². The number of hydrogen-bond acceptors (Lipinski definition) is 8. The zero-order valence-corrected chi connectivity index (χ0v) is 15.8. The number of ether oxygens (including phenoxy) is 2. The zero-order chi connectivity index (χ0) is 17.9. The molecule has 4 rings (SSSR count). The molecule has 0 saturated heterocycles. The summed E-state index contributed by atoms with van der Waals surface area (Å²) in [6.45, 7) is 0. The lowest BCUT2D eigenvalue weighted by molar-refractivity contribution is 0.388. The molecule has 6 nitrogen and oxygen atoms in total. The highest BCUT2D eigenvalue weighted by Crippen LogP contribution is 2.33. The summed E-state index contributed by atoms with van der Waals surface area (Å²) in [6.07, 6.45) is 0. The number of fused-ring (bicyclic) bond motifs is 1. The predicted octanol–water partition coefficient (Wildman–Crippen LogP) is 4.66. The van der Waals surface area contributed by atoms with Gasteiger partial charge in [0.25, 0.3) is 0 Å². The van der Waals surface area contributed by atoms with Crippen LogP contribution in [0.1, 0.15) is 5.89 Å². The second kappa shape index (κ2) is 7.35. The molecule has 2 heterocycles. The Bertz CT molecular complexity index is 1010. The summed E-state index contributed by atoms with van der Waals surface area (Å²) >= 11 is 3.24. The normalized spacial score (nSPS) is 11.0. The van der Waals surface area contributed by atoms with E-state index in [4.69, 9.17) is 14.0 Å². The third-order valence-corrected chi connectivity index (χ3v) is 5.88. The molecular formula is C18H15N3O3S2. The van der Waals surface area contributed by atoms with Gasteiger partial charge in [0.2, 0.25) is 11.7 Å². The first-order chi connectivity index (χ1) is 12.8. The van der Waals surface area contributed by atoms with Crippen LogP contribution in [-0.2, 0) is 5.75 Å². The molecule has 0 aliphatic rings. The van der Waals surface area contributed by atoms with E-state index < -0.39 is 0 Å². The van der Waals surface area contributed by atoms with Crippen molar-refractivity contribution in [2.45, 2.75) is 10.1 Å². The maximum Gasteiger partial charge on any atom is 0.237 e. The van der Waals surface area contributed by atoms with Gasteiger partial charge in [-0.3, -0.25) is 0 Å². The molecular weight excluding hydrogens is 370 g/mol. The van der Waals surface area contributed by atoms with Gasteiger partial charge in [-0.15, -0.1) is 11.3 Å². The molecule has 0 fully saturated rings. The van der Waals surface area contributed by atoms with E-state index in [1.54, 1.807) is 43.4 Å². The summed E-state index contributed by atoms with van der Waals surface area (Å²) < 4.78 is 18.1. The van der Waals surface area contributed by atoms with Crippen LogP contribution < -0.4 is 9.47 Å². The molecule has 0 bridgehead atoms. The second-order valence-electron chi connectivity index (χ2n) is 5.31. The van der Waals surface area contributed by atoms with Gasteiger partial charge < -0.3 is 14.0 Å². The van der Waals surface area contributed by atoms with E-state index in [2.05, 4.69) is 21.2 Å². The Morgan fingerprint density at radius 2 is 1.96 bits per heavy atom. The van der Waals surface area contributed by atoms with Gasteiger partial charge in [-0.25, -0.2) is 4.98 Å². The zero-order valence-electron chi connectivity index (χ0n) is 14.1. The van der Waals surface area contributed by atoms with Crippen LogP contribution in [-0.4, -0.2) is 29.3 Å². The van der Waals surface area contributed by atoms with Crippen LogP contribution in [0.25, 0.3) is 21.6 Å². The van der Waals surface area contributed by atoms with Gasteiger partial charge in [-0.2, -0.15) is 4.98 Å². The fourth-order valence-electron chi connectivity index (χ4n) is 2.44. The first-order valence-corrected chi connectivity index (χ1v) is 9.60. The van der Waals surface area contributed by atoms with Crippen molar-refractivity contribution < 1.29 is 14.0 Å². The fourth-order valence-corrected chi connectivity index (χ4v) is 4.35. The van der Waals surface area contributed by atoms with E-state index in [1.807, 2.05) is 30.3 Å². The van der Waals surface area contributed by atoms with Gasteiger partial charge >= 0.3 is 0 Å². The molecule has 0 spiro atoms.